The summed E-state index contributed by atoms with van der Waals surface area (Å²) in [7, 11) is 0. The highest BCUT2D eigenvalue weighted by Gasteiger charge is 2.05. The van der Waals surface area contributed by atoms with E-state index in [-0.39, 0.29) is 0 Å². The van der Waals surface area contributed by atoms with Gasteiger partial charge in [-0.15, -0.1) is 0 Å². The van der Waals surface area contributed by atoms with Crippen molar-refractivity contribution in [2.75, 3.05) is 5.32 Å². The molecule has 96 valence electrons. The van der Waals surface area contributed by atoms with Crippen LogP contribution in [0, 0.1) is 13.8 Å². The molecule has 19 heavy (non-hydrogen) atoms. The summed E-state index contributed by atoms with van der Waals surface area (Å²) in [4.78, 5) is 4.52. The van der Waals surface area contributed by atoms with Crippen LogP contribution >= 0.6 is 0 Å². The normalized spacial score (nSPS) is 10.8. The maximum absolute atomic E-state index is 5.06. The van der Waals surface area contributed by atoms with Crippen molar-refractivity contribution in [3.63, 3.8) is 0 Å². The zero-order valence-electron chi connectivity index (χ0n) is 11.0. The molecule has 2 heterocycles. The third-order valence-electron chi connectivity index (χ3n) is 2.98. The fourth-order valence-corrected chi connectivity index (χ4v) is 2.14. The van der Waals surface area contributed by atoms with E-state index in [1.165, 1.54) is 0 Å². The number of fused-ring (bicyclic) bond motifs is 1. The van der Waals surface area contributed by atoms with Gasteiger partial charge in [-0.25, -0.2) is 0 Å². The van der Waals surface area contributed by atoms with Crippen LogP contribution in [0.4, 0.5) is 5.69 Å². The Morgan fingerprint density at radius 2 is 2.00 bits per heavy atom. The van der Waals surface area contributed by atoms with Gasteiger partial charge in [-0.2, -0.15) is 0 Å². The summed E-state index contributed by atoms with van der Waals surface area (Å²) in [5.74, 6) is 0.826. The Morgan fingerprint density at radius 1 is 1.16 bits per heavy atom. The molecule has 0 saturated heterocycles. The molecule has 0 aliphatic rings. The van der Waals surface area contributed by atoms with Crippen molar-refractivity contribution >= 4 is 16.6 Å². The van der Waals surface area contributed by atoms with Gasteiger partial charge in [0.15, 0.2) is 0 Å². The van der Waals surface area contributed by atoms with E-state index >= 15 is 0 Å². The highest BCUT2D eigenvalue weighted by atomic mass is 16.5. The van der Waals surface area contributed by atoms with E-state index in [1.807, 2.05) is 38.1 Å². The largest absolute Gasteiger partial charge is 0.379 e. The fraction of sp³-hybridized carbons (Fsp3) is 0.200. The quantitative estimate of drug-likeness (QED) is 0.776. The predicted octanol–water partition coefficient (Wildman–Crippen LogP) is 3.45. The Labute approximate surface area is 111 Å². The Kier molecular flexibility index (Phi) is 2.91. The molecule has 0 unspecified atom stereocenters. The molecule has 1 aromatic carbocycles. The van der Waals surface area contributed by atoms with Crippen LogP contribution in [0.3, 0.4) is 0 Å². The SMILES string of the molecule is Cc1cc(NCc2cc(C)on2)c2ccccc2n1. The third-order valence-corrected chi connectivity index (χ3v) is 2.98. The first-order valence-electron chi connectivity index (χ1n) is 6.25. The Bertz CT molecular complexity index is 718. The second-order valence-electron chi connectivity index (χ2n) is 4.61. The Morgan fingerprint density at radius 3 is 2.79 bits per heavy atom. The van der Waals surface area contributed by atoms with Gasteiger partial charge in [0.05, 0.1) is 12.1 Å². The van der Waals surface area contributed by atoms with Gasteiger partial charge in [0, 0.05) is 22.8 Å². The molecule has 4 heteroatoms. The topological polar surface area (TPSA) is 51.0 Å². The molecule has 0 saturated carbocycles. The molecule has 3 aromatic rings. The molecule has 0 atom stereocenters. The average molecular weight is 253 g/mol. The maximum atomic E-state index is 5.06. The number of nitrogens with zero attached hydrogens (tertiary/aromatic N) is 2. The molecule has 4 nitrogen and oxygen atoms in total. The molecule has 0 fully saturated rings. The van der Waals surface area contributed by atoms with Crippen LogP contribution < -0.4 is 5.32 Å². The highest BCUT2D eigenvalue weighted by molar-refractivity contribution is 5.91. The molecule has 0 amide bonds. The van der Waals surface area contributed by atoms with E-state index in [0.717, 1.165) is 33.7 Å². The van der Waals surface area contributed by atoms with E-state index in [1.54, 1.807) is 0 Å². The van der Waals surface area contributed by atoms with E-state index in [0.29, 0.717) is 6.54 Å². The number of anilines is 1. The molecule has 0 aliphatic carbocycles. The van der Waals surface area contributed by atoms with Gasteiger partial charge in [0.2, 0.25) is 0 Å². The summed E-state index contributed by atoms with van der Waals surface area (Å²) in [6.45, 7) is 4.53. The molecule has 3 rings (SSSR count). The van der Waals surface area contributed by atoms with Crippen LogP contribution in [0.1, 0.15) is 17.1 Å². The second-order valence-corrected chi connectivity index (χ2v) is 4.61. The summed E-state index contributed by atoms with van der Waals surface area (Å²) in [5, 5.41) is 8.49. The lowest BCUT2D eigenvalue weighted by molar-refractivity contribution is 0.391. The highest BCUT2D eigenvalue weighted by Crippen LogP contribution is 2.23. The summed E-state index contributed by atoms with van der Waals surface area (Å²) >= 11 is 0. The number of rotatable bonds is 3. The van der Waals surface area contributed by atoms with Crippen molar-refractivity contribution in [3.05, 3.63) is 53.5 Å². The first kappa shape index (κ1) is 11.7. The molecule has 0 radical (unpaired) electrons. The molecular formula is C15H15N3O. The summed E-state index contributed by atoms with van der Waals surface area (Å²) < 4.78 is 5.06. The first-order valence-corrected chi connectivity index (χ1v) is 6.25. The minimum absolute atomic E-state index is 0.644. The molecule has 0 aliphatic heterocycles. The van der Waals surface area contributed by atoms with E-state index in [4.69, 9.17) is 4.52 Å². The molecule has 2 aromatic heterocycles. The van der Waals surface area contributed by atoms with Crippen molar-refractivity contribution in [1.29, 1.82) is 0 Å². The van der Waals surface area contributed by atoms with Crippen LogP contribution in [0.2, 0.25) is 0 Å². The van der Waals surface area contributed by atoms with Gasteiger partial charge in [-0.1, -0.05) is 23.4 Å². The van der Waals surface area contributed by atoms with E-state index in [2.05, 4.69) is 27.6 Å². The van der Waals surface area contributed by atoms with Crippen LogP contribution in [0.5, 0.6) is 0 Å². The third kappa shape index (κ3) is 2.42. The smallest absolute Gasteiger partial charge is 0.133 e. The van der Waals surface area contributed by atoms with E-state index in [9.17, 15) is 0 Å². The number of pyridine rings is 1. The number of aryl methyl sites for hydroxylation is 2. The van der Waals surface area contributed by atoms with Crippen LogP contribution in [0.25, 0.3) is 10.9 Å². The van der Waals surface area contributed by atoms with Crippen molar-refractivity contribution in [1.82, 2.24) is 10.1 Å². The monoisotopic (exact) mass is 253 g/mol. The number of para-hydroxylation sites is 1. The zero-order valence-corrected chi connectivity index (χ0v) is 11.0. The first-order chi connectivity index (χ1) is 9.22. The molecule has 0 bridgehead atoms. The van der Waals surface area contributed by atoms with Gasteiger partial charge >= 0.3 is 0 Å². The Balaban J connectivity index is 1.91. The molecule has 0 spiro atoms. The lowest BCUT2D eigenvalue weighted by atomic mass is 10.1. The van der Waals surface area contributed by atoms with Crippen LogP contribution in [0.15, 0.2) is 40.9 Å². The number of benzene rings is 1. The van der Waals surface area contributed by atoms with Crippen molar-refractivity contribution in [3.8, 4) is 0 Å². The fourth-order valence-electron chi connectivity index (χ4n) is 2.14. The average Bonchev–Trinajstić information content (AvgIpc) is 2.81. The summed E-state index contributed by atoms with van der Waals surface area (Å²) in [5.41, 5.74) is 3.97. The number of hydrogen-bond acceptors (Lipinski definition) is 4. The minimum Gasteiger partial charge on any atom is -0.379 e. The maximum Gasteiger partial charge on any atom is 0.133 e. The Hall–Kier alpha value is -2.36. The van der Waals surface area contributed by atoms with Crippen molar-refractivity contribution in [2.24, 2.45) is 0 Å². The lowest BCUT2D eigenvalue weighted by Crippen LogP contribution is -2.01. The van der Waals surface area contributed by atoms with Crippen molar-refractivity contribution < 1.29 is 4.52 Å². The van der Waals surface area contributed by atoms with Crippen LogP contribution in [-0.2, 0) is 6.54 Å². The summed E-state index contributed by atoms with van der Waals surface area (Å²) in [6.07, 6.45) is 0. The van der Waals surface area contributed by atoms with Gasteiger partial charge in [-0.3, -0.25) is 4.98 Å². The van der Waals surface area contributed by atoms with Crippen LogP contribution in [-0.4, -0.2) is 10.1 Å². The van der Waals surface area contributed by atoms with Gasteiger partial charge in [-0.05, 0) is 26.0 Å². The molecular weight excluding hydrogens is 238 g/mol. The number of nitrogens with one attached hydrogen (secondary N) is 1. The second kappa shape index (κ2) is 4.72. The predicted molar refractivity (Wildman–Crippen MR) is 75.0 cm³/mol. The zero-order chi connectivity index (χ0) is 13.2. The summed E-state index contributed by atoms with van der Waals surface area (Å²) in [6, 6.07) is 12.1. The van der Waals surface area contributed by atoms with Crippen molar-refractivity contribution in [2.45, 2.75) is 20.4 Å². The number of aromatic nitrogens is 2. The van der Waals surface area contributed by atoms with E-state index < -0.39 is 0 Å². The standard InChI is InChI=1S/C15H15N3O/c1-10-7-15(13-5-3-4-6-14(13)17-10)16-9-12-8-11(2)19-18-12/h3-8H,9H2,1-2H3,(H,16,17). The van der Waals surface area contributed by atoms with Gasteiger partial charge < -0.3 is 9.84 Å². The minimum atomic E-state index is 0.644. The molecule has 1 N–H and O–H groups in total. The lowest BCUT2D eigenvalue weighted by Gasteiger charge is -2.09. The number of hydrogen-bond donors (Lipinski definition) is 1. The van der Waals surface area contributed by atoms with Gasteiger partial charge in [0.1, 0.15) is 11.5 Å². The van der Waals surface area contributed by atoms with Gasteiger partial charge in [0.25, 0.3) is 0 Å².